The lowest BCUT2D eigenvalue weighted by atomic mass is 10.2. The predicted octanol–water partition coefficient (Wildman–Crippen LogP) is 0.934. The van der Waals surface area contributed by atoms with E-state index in [-0.39, 0.29) is 0 Å². The maximum atomic E-state index is 5.65. The van der Waals surface area contributed by atoms with E-state index in [1.807, 2.05) is 30.3 Å². The predicted molar refractivity (Wildman–Crippen MR) is 65.3 cm³/mol. The van der Waals surface area contributed by atoms with E-state index in [0.717, 1.165) is 25.3 Å². The summed E-state index contributed by atoms with van der Waals surface area (Å²) in [5.74, 6) is -0.445. The Balaban J connectivity index is 2.15. The lowest BCUT2D eigenvalue weighted by Gasteiger charge is -2.44. The third-order valence-electron chi connectivity index (χ3n) is 3.06. The van der Waals surface area contributed by atoms with Gasteiger partial charge in [0.15, 0.2) is 0 Å². The van der Waals surface area contributed by atoms with E-state index in [0.29, 0.717) is 0 Å². The molecule has 0 amide bonds. The van der Waals surface area contributed by atoms with Crippen molar-refractivity contribution in [3.63, 3.8) is 0 Å². The van der Waals surface area contributed by atoms with Gasteiger partial charge in [-0.3, -0.25) is 4.90 Å². The minimum absolute atomic E-state index is 0.445. The van der Waals surface area contributed by atoms with Gasteiger partial charge in [-0.15, -0.1) is 0 Å². The SMILES string of the molecule is COC1(Nc2ccccc2)CNCCN1C. The van der Waals surface area contributed by atoms with Crippen molar-refractivity contribution in [2.24, 2.45) is 0 Å². The van der Waals surface area contributed by atoms with Crippen LogP contribution in [0.1, 0.15) is 0 Å². The molecule has 0 spiro atoms. The third kappa shape index (κ3) is 2.19. The maximum Gasteiger partial charge on any atom is 0.210 e. The summed E-state index contributed by atoms with van der Waals surface area (Å²) in [6.45, 7) is 2.74. The molecule has 4 heteroatoms. The van der Waals surface area contributed by atoms with Crippen LogP contribution < -0.4 is 10.6 Å². The van der Waals surface area contributed by atoms with Crippen molar-refractivity contribution in [3.8, 4) is 0 Å². The zero-order valence-corrected chi connectivity index (χ0v) is 9.86. The molecule has 1 saturated heterocycles. The summed E-state index contributed by atoms with van der Waals surface area (Å²) < 4.78 is 5.65. The summed E-state index contributed by atoms with van der Waals surface area (Å²) in [5.41, 5.74) is 1.07. The van der Waals surface area contributed by atoms with Gasteiger partial charge >= 0.3 is 0 Å². The molecule has 4 nitrogen and oxygen atoms in total. The fourth-order valence-electron chi connectivity index (χ4n) is 1.99. The number of hydrogen-bond donors (Lipinski definition) is 2. The lowest BCUT2D eigenvalue weighted by Crippen LogP contribution is -2.65. The second-order valence-electron chi connectivity index (χ2n) is 4.08. The number of ether oxygens (including phenoxy) is 1. The highest BCUT2D eigenvalue weighted by atomic mass is 16.5. The summed E-state index contributed by atoms with van der Waals surface area (Å²) >= 11 is 0. The van der Waals surface area contributed by atoms with Crippen LogP contribution in [0.5, 0.6) is 0 Å². The van der Waals surface area contributed by atoms with Crippen molar-refractivity contribution in [1.29, 1.82) is 0 Å². The average Bonchev–Trinajstić information content (AvgIpc) is 2.34. The maximum absolute atomic E-state index is 5.65. The number of benzene rings is 1. The molecule has 2 rings (SSSR count). The number of rotatable bonds is 3. The van der Waals surface area contributed by atoms with Gasteiger partial charge in [0.2, 0.25) is 5.85 Å². The highest BCUT2D eigenvalue weighted by Gasteiger charge is 2.36. The van der Waals surface area contributed by atoms with Crippen molar-refractivity contribution >= 4 is 5.69 Å². The minimum Gasteiger partial charge on any atom is -0.345 e. The van der Waals surface area contributed by atoms with E-state index < -0.39 is 5.85 Å². The van der Waals surface area contributed by atoms with Crippen molar-refractivity contribution in [1.82, 2.24) is 10.2 Å². The number of nitrogens with zero attached hydrogens (tertiary/aromatic N) is 1. The van der Waals surface area contributed by atoms with Gasteiger partial charge in [0, 0.05) is 25.9 Å². The van der Waals surface area contributed by atoms with Crippen molar-refractivity contribution in [3.05, 3.63) is 30.3 Å². The van der Waals surface area contributed by atoms with E-state index in [4.69, 9.17) is 4.74 Å². The Morgan fingerprint density at radius 2 is 2.12 bits per heavy atom. The van der Waals surface area contributed by atoms with Gasteiger partial charge < -0.3 is 15.4 Å². The van der Waals surface area contributed by atoms with Crippen LogP contribution in [0.15, 0.2) is 30.3 Å². The molecule has 2 N–H and O–H groups in total. The van der Waals surface area contributed by atoms with Gasteiger partial charge in [0.1, 0.15) is 0 Å². The van der Waals surface area contributed by atoms with Crippen LogP contribution in [0, 0.1) is 0 Å². The number of methoxy groups -OCH3 is 1. The molecule has 1 aromatic rings. The lowest BCUT2D eigenvalue weighted by molar-refractivity contribution is -0.113. The Labute approximate surface area is 96.6 Å². The van der Waals surface area contributed by atoms with Crippen LogP contribution in [0.4, 0.5) is 5.69 Å². The molecular formula is C12H19N3O. The minimum atomic E-state index is -0.445. The second-order valence-corrected chi connectivity index (χ2v) is 4.08. The van der Waals surface area contributed by atoms with Gasteiger partial charge in [-0.05, 0) is 19.2 Å². The number of piperazine rings is 1. The van der Waals surface area contributed by atoms with Crippen LogP contribution in [0.25, 0.3) is 0 Å². The van der Waals surface area contributed by atoms with Crippen LogP contribution in [-0.4, -0.2) is 44.5 Å². The molecule has 16 heavy (non-hydrogen) atoms. The first-order valence-corrected chi connectivity index (χ1v) is 5.57. The molecule has 1 unspecified atom stereocenters. The molecule has 0 radical (unpaired) electrons. The molecule has 1 aliphatic heterocycles. The average molecular weight is 221 g/mol. The monoisotopic (exact) mass is 221 g/mol. The Kier molecular flexibility index (Phi) is 3.43. The Morgan fingerprint density at radius 3 is 2.75 bits per heavy atom. The summed E-state index contributed by atoms with van der Waals surface area (Å²) in [5, 5.41) is 6.78. The smallest absolute Gasteiger partial charge is 0.210 e. The first kappa shape index (κ1) is 11.4. The molecule has 0 bridgehead atoms. The molecule has 0 aliphatic carbocycles. The van der Waals surface area contributed by atoms with Crippen molar-refractivity contribution in [2.75, 3.05) is 39.1 Å². The van der Waals surface area contributed by atoms with Gasteiger partial charge in [-0.25, -0.2) is 0 Å². The van der Waals surface area contributed by atoms with Crippen LogP contribution in [0.2, 0.25) is 0 Å². The highest BCUT2D eigenvalue weighted by molar-refractivity contribution is 5.44. The second kappa shape index (κ2) is 4.82. The standard InChI is InChI=1S/C12H19N3O/c1-15-9-8-13-10-12(15,16-2)14-11-6-4-3-5-7-11/h3-7,13-14H,8-10H2,1-2H3. The molecule has 0 aromatic heterocycles. The Bertz CT molecular complexity index is 330. The molecule has 0 saturated carbocycles. The molecule has 1 aliphatic rings. The highest BCUT2D eigenvalue weighted by Crippen LogP contribution is 2.20. The zero-order chi connectivity index (χ0) is 11.4. The van der Waals surface area contributed by atoms with E-state index in [1.165, 1.54) is 0 Å². The summed E-state index contributed by atoms with van der Waals surface area (Å²) in [6, 6.07) is 10.1. The quantitative estimate of drug-likeness (QED) is 0.745. The van der Waals surface area contributed by atoms with Crippen LogP contribution in [-0.2, 0) is 4.74 Å². The van der Waals surface area contributed by atoms with Crippen LogP contribution in [0.3, 0.4) is 0 Å². The number of likely N-dealkylation sites (N-methyl/N-ethyl adjacent to an activating group) is 1. The topological polar surface area (TPSA) is 36.5 Å². The Morgan fingerprint density at radius 1 is 1.38 bits per heavy atom. The van der Waals surface area contributed by atoms with Crippen molar-refractivity contribution in [2.45, 2.75) is 5.85 Å². The molecule has 1 heterocycles. The summed E-state index contributed by atoms with van der Waals surface area (Å²) in [6.07, 6.45) is 0. The van der Waals surface area contributed by atoms with Crippen molar-refractivity contribution < 1.29 is 4.74 Å². The molecule has 1 fully saturated rings. The molecule has 88 valence electrons. The van der Waals surface area contributed by atoms with E-state index in [9.17, 15) is 0 Å². The fraction of sp³-hybridized carbons (Fsp3) is 0.500. The molecular weight excluding hydrogens is 202 g/mol. The number of nitrogens with one attached hydrogen (secondary N) is 2. The third-order valence-corrected chi connectivity index (χ3v) is 3.06. The number of hydrogen-bond acceptors (Lipinski definition) is 4. The first-order chi connectivity index (χ1) is 7.77. The van der Waals surface area contributed by atoms with E-state index in [1.54, 1.807) is 7.11 Å². The normalized spacial score (nSPS) is 26.6. The fourth-order valence-corrected chi connectivity index (χ4v) is 1.99. The largest absolute Gasteiger partial charge is 0.345 e. The van der Waals surface area contributed by atoms with Gasteiger partial charge in [-0.1, -0.05) is 18.2 Å². The summed E-state index contributed by atoms with van der Waals surface area (Å²) in [7, 11) is 3.81. The van der Waals surface area contributed by atoms with E-state index >= 15 is 0 Å². The number of anilines is 1. The van der Waals surface area contributed by atoms with Gasteiger partial charge in [0.05, 0.1) is 6.54 Å². The first-order valence-electron chi connectivity index (χ1n) is 5.57. The number of para-hydroxylation sites is 1. The van der Waals surface area contributed by atoms with Crippen LogP contribution >= 0.6 is 0 Å². The van der Waals surface area contributed by atoms with Gasteiger partial charge in [0.25, 0.3) is 0 Å². The van der Waals surface area contributed by atoms with Gasteiger partial charge in [-0.2, -0.15) is 0 Å². The summed E-state index contributed by atoms with van der Waals surface area (Å²) in [4.78, 5) is 2.19. The molecule has 1 aromatic carbocycles. The zero-order valence-electron chi connectivity index (χ0n) is 9.86. The molecule has 1 atom stereocenters. The Hall–Kier alpha value is -1.10. The van der Waals surface area contributed by atoms with E-state index in [2.05, 4.69) is 22.6 Å².